The van der Waals surface area contributed by atoms with E-state index >= 15 is 0 Å². The third-order valence-electron chi connectivity index (χ3n) is 4.65. The summed E-state index contributed by atoms with van der Waals surface area (Å²) >= 11 is 1.47. The molecule has 0 spiro atoms. The van der Waals surface area contributed by atoms with E-state index in [1.165, 1.54) is 23.5 Å². The van der Waals surface area contributed by atoms with E-state index in [2.05, 4.69) is 10.3 Å². The highest BCUT2D eigenvalue weighted by atomic mass is 32.1. The van der Waals surface area contributed by atoms with Gasteiger partial charge in [0.1, 0.15) is 17.3 Å². The molecule has 1 amide bonds. The normalized spacial score (nSPS) is 13.6. The van der Waals surface area contributed by atoms with Crippen LogP contribution in [0.3, 0.4) is 0 Å². The number of hydrogen-bond acceptors (Lipinski definition) is 5. The van der Waals surface area contributed by atoms with Crippen molar-refractivity contribution >= 4 is 28.6 Å². The van der Waals surface area contributed by atoms with Gasteiger partial charge in [-0.3, -0.25) is 4.79 Å². The first kappa shape index (κ1) is 18.4. The number of halogens is 1. The fourth-order valence-electron chi connectivity index (χ4n) is 3.23. The monoisotopic (exact) mass is 421 g/mol. The lowest BCUT2D eigenvalue weighted by atomic mass is 10.1. The highest BCUT2D eigenvalue weighted by molar-refractivity contribution is 7.07. The van der Waals surface area contributed by atoms with Crippen molar-refractivity contribution in [2.24, 2.45) is 4.99 Å². The predicted molar refractivity (Wildman–Crippen MR) is 111 cm³/mol. The summed E-state index contributed by atoms with van der Waals surface area (Å²) in [6, 6.07) is 15.5. The largest absolute Gasteiger partial charge is 0.482 e. The molecule has 0 aliphatic carbocycles. The fourth-order valence-corrected chi connectivity index (χ4v) is 4.16. The van der Waals surface area contributed by atoms with Crippen LogP contribution in [0, 0.1) is 5.82 Å². The number of nitrogens with zero attached hydrogens (tertiary/aromatic N) is 2. The number of anilines is 1. The fraction of sp³-hybridized carbons (Fsp3) is 0.0909. The number of ether oxygens (including phenoxy) is 1. The zero-order valence-electron chi connectivity index (χ0n) is 15.7. The topological polar surface area (TPSA) is 68.8 Å². The molecule has 0 unspecified atom stereocenters. The van der Waals surface area contributed by atoms with Crippen LogP contribution in [0.1, 0.15) is 5.76 Å². The number of thiazole rings is 1. The molecule has 0 bridgehead atoms. The summed E-state index contributed by atoms with van der Waals surface area (Å²) in [6.45, 7) is 0.496. The first-order chi connectivity index (χ1) is 14.7. The molecule has 1 aliphatic rings. The number of fused-ring (bicyclic) bond motifs is 1. The van der Waals surface area contributed by atoms with Crippen molar-refractivity contribution in [2.45, 2.75) is 6.54 Å². The van der Waals surface area contributed by atoms with Gasteiger partial charge < -0.3 is 19.0 Å². The molecule has 2 aromatic carbocycles. The Balaban J connectivity index is 1.62. The third-order valence-corrected chi connectivity index (χ3v) is 5.51. The van der Waals surface area contributed by atoms with Crippen LogP contribution in [0.15, 0.2) is 75.7 Å². The van der Waals surface area contributed by atoms with Crippen LogP contribution in [-0.2, 0) is 11.3 Å². The van der Waals surface area contributed by atoms with Crippen molar-refractivity contribution in [2.75, 3.05) is 11.9 Å². The van der Waals surface area contributed by atoms with Gasteiger partial charge in [-0.15, -0.1) is 11.3 Å². The average Bonchev–Trinajstić information content (AvgIpc) is 3.40. The van der Waals surface area contributed by atoms with E-state index in [1.54, 1.807) is 18.4 Å². The molecule has 0 fully saturated rings. The minimum Gasteiger partial charge on any atom is -0.482 e. The number of rotatable bonds is 4. The molecule has 0 atom stereocenters. The number of aromatic nitrogens is 1. The molecule has 0 saturated heterocycles. The molecule has 2 aromatic heterocycles. The zero-order valence-corrected chi connectivity index (χ0v) is 16.5. The molecular formula is C22H16FN3O3S. The van der Waals surface area contributed by atoms with Crippen LogP contribution in [0.4, 0.5) is 15.8 Å². The third kappa shape index (κ3) is 3.65. The van der Waals surface area contributed by atoms with E-state index in [4.69, 9.17) is 9.15 Å². The van der Waals surface area contributed by atoms with E-state index < -0.39 is 0 Å². The number of amides is 1. The maximum Gasteiger partial charge on any atom is 0.262 e. The number of furan rings is 1. The quantitative estimate of drug-likeness (QED) is 0.525. The number of nitrogens with one attached hydrogen (secondary N) is 1. The lowest BCUT2D eigenvalue weighted by Gasteiger charge is -2.18. The van der Waals surface area contributed by atoms with Gasteiger partial charge >= 0.3 is 0 Å². The van der Waals surface area contributed by atoms with Gasteiger partial charge in [-0.05, 0) is 54.6 Å². The number of carbonyl (C=O) groups is 1. The van der Waals surface area contributed by atoms with Crippen LogP contribution in [0.2, 0.25) is 0 Å². The van der Waals surface area contributed by atoms with Crippen molar-refractivity contribution in [3.8, 4) is 17.0 Å². The Kier molecular flexibility index (Phi) is 4.68. The summed E-state index contributed by atoms with van der Waals surface area (Å²) in [5.74, 6) is 0.940. The highest BCUT2D eigenvalue weighted by Gasteiger charge is 2.18. The van der Waals surface area contributed by atoms with Crippen molar-refractivity contribution in [1.82, 2.24) is 4.57 Å². The number of hydrogen-bond donors (Lipinski definition) is 1. The van der Waals surface area contributed by atoms with Crippen molar-refractivity contribution < 1.29 is 18.3 Å². The van der Waals surface area contributed by atoms with E-state index in [0.29, 0.717) is 23.7 Å². The average molecular weight is 421 g/mol. The maximum absolute atomic E-state index is 13.3. The molecule has 1 N–H and O–H groups in total. The molecule has 3 heterocycles. The molecule has 1 aliphatic heterocycles. The van der Waals surface area contributed by atoms with Crippen LogP contribution in [0.25, 0.3) is 11.3 Å². The van der Waals surface area contributed by atoms with E-state index in [9.17, 15) is 9.18 Å². The van der Waals surface area contributed by atoms with Gasteiger partial charge in [0.15, 0.2) is 11.4 Å². The minimum atomic E-state index is -0.303. The van der Waals surface area contributed by atoms with Gasteiger partial charge in [-0.1, -0.05) is 0 Å². The Morgan fingerprint density at radius 2 is 2.03 bits per heavy atom. The van der Waals surface area contributed by atoms with Gasteiger partial charge in [-0.25, -0.2) is 9.38 Å². The van der Waals surface area contributed by atoms with Gasteiger partial charge in [0, 0.05) is 10.9 Å². The summed E-state index contributed by atoms with van der Waals surface area (Å²) in [5, 5.41) is 4.84. The second-order valence-corrected chi connectivity index (χ2v) is 7.54. The molecule has 6 nitrogen and oxygen atoms in total. The molecule has 0 saturated carbocycles. The van der Waals surface area contributed by atoms with Crippen LogP contribution in [0.5, 0.6) is 5.75 Å². The Labute approximate surface area is 174 Å². The van der Waals surface area contributed by atoms with Crippen LogP contribution < -0.4 is 14.9 Å². The highest BCUT2D eigenvalue weighted by Crippen LogP contribution is 2.33. The first-order valence-electron chi connectivity index (χ1n) is 9.24. The maximum atomic E-state index is 13.3. The Hall–Kier alpha value is -3.65. The standard InChI is InChI=1S/C22H16FN3O3S/c23-15-4-6-16(7-5-15)24-22-26(11-17-2-1-9-28-17)19(13-30-22)14-3-8-20-18(10-14)25-21(27)12-29-20/h1-10,13H,11-12H2,(H,25,27). The Bertz CT molecular complexity index is 1270. The molecule has 0 radical (unpaired) electrons. The van der Waals surface area contributed by atoms with E-state index in [-0.39, 0.29) is 18.3 Å². The van der Waals surface area contributed by atoms with Crippen LogP contribution >= 0.6 is 11.3 Å². The number of carbonyl (C=O) groups excluding carboxylic acids is 1. The zero-order chi connectivity index (χ0) is 20.5. The van der Waals surface area contributed by atoms with Crippen molar-refractivity contribution in [1.29, 1.82) is 0 Å². The molecule has 5 rings (SSSR count). The summed E-state index contributed by atoms with van der Waals surface area (Å²) in [6.07, 6.45) is 1.63. The second kappa shape index (κ2) is 7.64. The van der Waals surface area contributed by atoms with E-state index in [1.807, 2.05) is 40.3 Å². The van der Waals surface area contributed by atoms with Crippen molar-refractivity contribution in [3.63, 3.8) is 0 Å². The molecule has 8 heteroatoms. The molecule has 150 valence electrons. The van der Waals surface area contributed by atoms with Gasteiger partial charge in [0.05, 0.1) is 29.9 Å². The summed E-state index contributed by atoms with van der Waals surface area (Å²) in [7, 11) is 0. The van der Waals surface area contributed by atoms with Gasteiger partial charge in [0.25, 0.3) is 5.91 Å². The van der Waals surface area contributed by atoms with Crippen molar-refractivity contribution in [3.05, 3.63) is 82.6 Å². The van der Waals surface area contributed by atoms with Crippen LogP contribution in [-0.4, -0.2) is 17.1 Å². The molecule has 4 aromatic rings. The smallest absolute Gasteiger partial charge is 0.262 e. The predicted octanol–water partition coefficient (Wildman–Crippen LogP) is 4.56. The summed E-state index contributed by atoms with van der Waals surface area (Å²) in [4.78, 5) is 17.1. The lowest BCUT2D eigenvalue weighted by Crippen LogP contribution is -2.25. The van der Waals surface area contributed by atoms with E-state index in [0.717, 1.165) is 21.8 Å². The Morgan fingerprint density at radius 1 is 1.17 bits per heavy atom. The Morgan fingerprint density at radius 3 is 2.83 bits per heavy atom. The van der Waals surface area contributed by atoms with Gasteiger partial charge in [0.2, 0.25) is 0 Å². The lowest BCUT2D eigenvalue weighted by molar-refractivity contribution is -0.118. The van der Waals surface area contributed by atoms with Gasteiger partial charge in [-0.2, -0.15) is 0 Å². The summed E-state index contributed by atoms with van der Waals surface area (Å²) in [5.41, 5.74) is 3.11. The minimum absolute atomic E-state index is 0.0178. The summed E-state index contributed by atoms with van der Waals surface area (Å²) < 4.78 is 26.3. The number of benzene rings is 2. The second-order valence-electron chi connectivity index (χ2n) is 6.71. The molecular weight excluding hydrogens is 405 g/mol. The SMILES string of the molecule is O=C1COc2ccc(-c3csc(=Nc4ccc(F)cc4)n3Cc3ccco3)cc2N1. The first-order valence-corrected chi connectivity index (χ1v) is 10.1. The molecule has 30 heavy (non-hydrogen) atoms.